The molecule has 0 nitrogen and oxygen atoms in total. The minimum atomic E-state index is -0.483. The van der Waals surface area contributed by atoms with Gasteiger partial charge in [-0.1, -0.05) is 61.1 Å². The van der Waals surface area contributed by atoms with E-state index in [2.05, 4.69) is 37.5 Å². The topological polar surface area (TPSA) is 0 Å². The molecule has 1 saturated carbocycles. The molecule has 0 amide bonds. The zero-order valence-corrected chi connectivity index (χ0v) is 21.1. The first-order valence-corrected chi connectivity index (χ1v) is 12.5. The fourth-order valence-corrected chi connectivity index (χ4v) is 4.84. The molecule has 1 aliphatic carbocycles. The van der Waals surface area contributed by atoms with Crippen molar-refractivity contribution in [3.8, 4) is 23.7 Å². The molecule has 0 N–H and O–H groups in total. The Morgan fingerprint density at radius 1 is 0.686 bits per heavy atom. The maximum atomic E-state index is 14.8. The standard InChI is InChI=1S/C33H32F2/c1-22-5-9-26(10-6-22)13-14-28-17-24(3)30(25(4)18-28)16-15-29-20-32(34)31(33(35)21-29)19-27-11-7-23(2)8-12-27/h5-6,9-10,17-18,20-21,23,27H,7-8,11-12,19H2,1-4H3. The number of halogens is 2. The molecule has 2 heteroatoms. The summed E-state index contributed by atoms with van der Waals surface area (Å²) in [5.41, 5.74) is 6.53. The van der Waals surface area contributed by atoms with Crippen molar-refractivity contribution >= 4 is 0 Å². The Labute approximate surface area is 208 Å². The first-order chi connectivity index (χ1) is 16.8. The highest BCUT2D eigenvalue weighted by Gasteiger charge is 2.21. The van der Waals surface area contributed by atoms with E-state index in [1.165, 1.54) is 17.7 Å². The van der Waals surface area contributed by atoms with Gasteiger partial charge < -0.3 is 0 Å². The van der Waals surface area contributed by atoms with Crippen molar-refractivity contribution in [2.45, 2.75) is 59.8 Å². The normalized spacial score (nSPS) is 17.2. The van der Waals surface area contributed by atoms with Crippen LogP contribution in [0.2, 0.25) is 0 Å². The van der Waals surface area contributed by atoms with Gasteiger partial charge >= 0.3 is 0 Å². The molecule has 0 radical (unpaired) electrons. The van der Waals surface area contributed by atoms with E-state index in [0.717, 1.165) is 59.4 Å². The van der Waals surface area contributed by atoms with E-state index >= 15 is 0 Å². The average molecular weight is 467 g/mol. The van der Waals surface area contributed by atoms with E-state index < -0.39 is 11.6 Å². The van der Waals surface area contributed by atoms with Gasteiger partial charge in [0.2, 0.25) is 0 Å². The van der Waals surface area contributed by atoms with Crippen molar-refractivity contribution in [3.63, 3.8) is 0 Å². The molecule has 1 aliphatic rings. The summed E-state index contributed by atoms with van der Waals surface area (Å²) in [6.07, 6.45) is 4.86. The smallest absolute Gasteiger partial charge is 0.130 e. The third-order valence-electron chi connectivity index (χ3n) is 7.04. The summed E-state index contributed by atoms with van der Waals surface area (Å²) >= 11 is 0. The van der Waals surface area contributed by atoms with Crippen LogP contribution in [0.15, 0.2) is 48.5 Å². The Hall–Kier alpha value is -3.36. The van der Waals surface area contributed by atoms with Crippen LogP contribution in [0.1, 0.15) is 77.1 Å². The van der Waals surface area contributed by atoms with Crippen molar-refractivity contribution < 1.29 is 8.78 Å². The lowest BCUT2D eigenvalue weighted by atomic mass is 9.80. The second-order valence-corrected chi connectivity index (χ2v) is 10.1. The third-order valence-corrected chi connectivity index (χ3v) is 7.04. The van der Waals surface area contributed by atoms with Crippen LogP contribution in [0.25, 0.3) is 0 Å². The average Bonchev–Trinajstić information content (AvgIpc) is 2.82. The predicted octanol–water partition coefficient (Wildman–Crippen LogP) is 8.06. The molecule has 0 spiro atoms. The monoisotopic (exact) mass is 466 g/mol. The largest absolute Gasteiger partial charge is 0.207 e. The summed E-state index contributed by atoms with van der Waals surface area (Å²) in [4.78, 5) is 0. The summed E-state index contributed by atoms with van der Waals surface area (Å²) < 4.78 is 29.6. The maximum Gasteiger partial charge on any atom is 0.130 e. The number of aryl methyl sites for hydroxylation is 3. The molecular weight excluding hydrogens is 434 g/mol. The lowest BCUT2D eigenvalue weighted by Gasteiger charge is -2.26. The Morgan fingerprint density at radius 3 is 1.80 bits per heavy atom. The highest BCUT2D eigenvalue weighted by atomic mass is 19.1. The second kappa shape index (κ2) is 10.9. The fraction of sp³-hybridized carbons (Fsp3) is 0.333. The Morgan fingerprint density at radius 2 is 1.20 bits per heavy atom. The van der Waals surface area contributed by atoms with Crippen LogP contribution in [0.4, 0.5) is 8.78 Å². The van der Waals surface area contributed by atoms with Gasteiger partial charge in [0.05, 0.1) is 0 Å². The maximum absolute atomic E-state index is 14.8. The van der Waals surface area contributed by atoms with Crippen molar-refractivity contribution in [3.05, 3.63) is 105 Å². The molecule has 35 heavy (non-hydrogen) atoms. The minimum absolute atomic E-state index is 0.207. The molecule has 3 aromatic rings. The van der Waals surface area contributed by atoms with Crippen molar-refractivity contribution in [1.82, 2.24) is 0 Å². The third kappa shape index (κ3) is 6.41. The van der Waals surface area contributed by atoms with E-state index in [1.807, 2.05) is 50.2 Å². The Bertz CT molecular complexity index is 1290. The van der Waals surface area contributed by atoms with Crippen LogP contribution < -0.4 is 0 Å². The molecule has 0 atom stereocenters. The molecule has 0 bridgehead atoms. The number of hydrogen-bond donors (Lipinski definition) is 0. The predicted molar refractivity (Wildman–Crippen MR) is 140 cm³/mol. The van der Waals surface area contributed by atoms with E-state index in [-0.39, 0.29) is 5.56 Å². The van der Waals surface area contributed by atoms with Gasteiger partial charge in [0.25, 0.3) is 0 Å². The van der Waals surface area contributed by atoms with Gasteiger partial charge in [0.1, 0.15) is 11.6 Å². The SMILES string of the molecule is Cc1ccc(C#Cc2cc(C)c(C#Cc3cc(F)c(CC4CCC(C)CC4)c(F)c3)c(C)c2)cc1. The van der Waals surface area contributed by atoms with Gasteiger partial charge in [-0.15, -0.1) is 0 Å². The highest BCUT2D eigenvalue weighted by molar-refractivity contribution is 5.55. The van der Waals surface area contributed by atoms with E-state index in [9.17, 15) is 8.78 Å². The highest BCUT2D eigenvalue weighted by Crippen LogP contribution is 2.32. The molecule has 1 fully saturated rings. The summed E-state index contributed by atoms with van der Waals surface area (Å²) in [6.45, 7) is 8.28. The van der Waals surface area contributed by atoms with Crippen LogP contribution in [-0.2, 0) is 6.42 Å². The van der Waals surface area contributed by atoms with Gasteiger partial charge in [0.15, 0.2) is 0 Å². The van der Waals surface area contributed by atoms with Crippen molar-refractivity contribution in [2.75, 3.05) is 0 Å². The molecule has 0 aromatic heterocycles. The molecule has 0 aliphatic heterocycles. The van der Waals surface area contributed by atoms with Crippen LogP contribution in [-0.4, -0.2) is 0 Å². The zero-order chi connectivity index (χ0) is 24.9. The first-order valence-electron chi connectivity index (χ1n) is 12.5. The Kier molecular flexibility index (Phi) is 7.73. The van der Waals surface area contributed by atoms with Crippen LogP contribution >= 0.6 is 0 Å². The van der Waals surface area contributed by atoms with Gasteiger partial charge in [-0.25, -0.2) is 8.78 Å². The summed E-state index contributed by atoms with van der Waals surface area (Å²) in [5, 5.41) is 0. The van der Waals surface area contributed by atoms with Gasteiger partial charge in [0, 0.05) is 27.8 Å². The second-order valence-electron chi connectivity index (χ2n) is 10.1. The first kappa shape index (κ1) is 24.8. The van der Waals surface area contributed by atoms with E-state index in [1.54, 1.807) is 0 Å². The summed E-state index contributed by atoms with van der Waals surface area (Å²) in [7, 11) is 0. The molecule has 0 saturated heterocycles. The molecule has 0 heterocycles. The van der Waals surface area contributed by atoms with Crippen LogP contribution in [0.5, 0.6) is 0 Å². The fourth-order valence-electron chi connectivity index (χ4n) is 4.84. The zero-order valence-electron chi connectivity index (χ0n) is 21.1. The number of benzene rings is 3. The molecule has 3 aromatic carbocycles. The minimum Gasteiger partial charge on any atom is -0.207 e. The van der Waals surface area contributed by atoms with Crippen molar-refractivity contribution in [2.24, 2.45) is 11.8 Å². The number of rotatable bonds is 2. The van der Waals surface area contributed by atoms with Crippen molar-refractivity contribution in [1.29, 1.82) is 0 Å². The Balaban J connectivity index is 1.52. The lowest BCUT2D eigenvalue weighted by molar-refractivity contribution is 0.285. The van der Waals surface area contributed by atoms with Gasteiger partial charge in [-0.2, -0.15) is 0 Å². The van der Waals surface area contributed by atoms with E-state index in [0.29, 0.717) is 17.9 Å². The van der Waals surface area contributed by atoms with Crippen LogP contribution in [0, 0.1) is 67.9 Å². The molecule has 0 unspecified atom stereocenters. The molecule has 178 valence electrons. The quantitative estimate of drug-likeness (QED) is 0.335. The van der Waals surface area contributed by atoms with Gasteiger partial charge in [-0.05, 0) is 99.4 Å². The summed E-state index contributed by atoms with van der Waals surface area (Å²) in [5.74, 6) is 12.7. The molecule has 4 rings (SSSR count). The van der Waals surface area contributed by atoms with Crippen LogP contribution in [0.3, 0.4) is 0 Å². The lowest BCUT2D eigenvalue weighted by Crippen LogP contribution is -2.15. The summed E-state index contributed by atoms with van der Waals surface area (Å²) in [6, 6.07) is 14.9. The molecular formula is C33H32F2. The number of hydrogen-bond acceptors (Lipinski definition) is 0. The van der Waals surface area contributed by atoms with Gasteiger partial charge in [-0.3, -0.25) is 0 Å². The van der Waals surface area contributed by atoms with E-state index in [4.69, 9.17) is 0 Å².